The van der Waals surface area contributed by atoms with Crippen molar-refractivity contribution in [1.82, 2.24) is 5.32 Å². The van der Waals surface area contributed by atoms with Crippen molar-refractivity contribution in [3.05, 3.63) is 34.9 Å². The average Bonchev–Trinajstić information content (AvgIpc) is 2.28. The highest BCUT2D eigenvalue weighted by atomic mass is 19.4. The summed E-state index contributed by atoms with van der Waals surface area (Å²) in [6.45, 7) is 1.45. The first-order valence-electron chi connectivity index (χ1n) is 5.19. The molecule has 3 nitrogen and oxygen atoms in total. The molecule has 0 radical (unpaired) electrons. The predicted molar refractivity (Wildman–Crippen MR) is 58.7 cm³/mol. The van der Waals surface area contributed by atoms with Crippen molar-refractivity contribution in [3.8, 4) is 6.07 Å². The largest absolute Gasteiger partial charge is 0.416 e. The lowest BCUT2D eigenvalue weighted by Gasteiger charge is -2.11. The Morgan fingerprint density at radius 2 is 2.11 bits per heavy atom. The van der Waals surface area contributed by atoms with Crippen LogP contribution in [0.4, 0.5) is 13.2 Å². The Hall–Kier alpha value is -2.03. The summed E-state index contributed by atoms with van der Waals surface area (Å²) < 4.78 is 37.9. The van der Waals surface area contributed by atoms with Crippen LogP contribution < -0.4 is 5.32 Å². The number of rotatable bonds is 3. The highest BCUT2D eigenvalue weighted by Crippen LogP contribution is 2.32. The van der Waals surface area contributed by atoms with Crippen LogP contribution in [0.1, 0.15) is 27.9 Å². The third-order valence-corrected chi connectivity index (χ3v) is 2.33. The van der Waals surface area contributed by atoms with Gasteiger partial charge in [-0.15, -0.1) is 0 Å². The summed E-state index contributed by atoms with van der Waals surface area (Å²) >= 11 is 0. The first-order chi connectivity index (χ1) is 8.36. The van der Waals surface area contributed by atoms with Crippen LogP contribution in [0.2, 0.25) is 0 Å². The number of nitrogens with zero attached hydrogens (tertiary/aromatic N) is 1. The van der Waals surface area contributed by atoms with Crippen molar-refractivity contribution in [2.75, 3.05) is 6.54 Å². The highest BCUT2D eigenvalue weighted by Gasteiger charge is 2.32. The van der Waals surface area contributed by atoms with Gasteiger partial charge in [0.25, 0.3) is 5.91 Å². The summed E-state index contributed by atoms with van der Waals surface area (Å²) in [5, 5.41) is 10.7. The topological polar surface area (TPSA) is 52.9 Å². The normalized spacial score (nSPS) is 10.8. The number of hydrogen-bond acceptors (Lipinski definition) is 2. The van der Waals surface area contributed by atoms with E-state index >= 15 is 0 Å². The first kappa shape index (κ1) is 14.0. The quantitative estimate of drug-likeness (QED) is 0.845. The number of carbonyl (C=O) groups is 1. The number of nitriles is 1. The maximum atomic E-state index is 12.6. The van der Waals surface area contributed by atoms with Gasteiger partial charge in [-0.05, 0) is 24.6 Å². The van der Waals surface area contributed by atoms with Gasteiger partial charge in [-0.3, -0.25) is 4.79 Å². The van der Waals surface area contributed by atoms with Crippen LogP contribution >= 0.6 is 0 Å². The molecule has 1 N–H and O–H groups in total. The van der Waals surface area contributed by atoms with E-state index in [9.17, 15) is 18.0 Å². The molecule has 1 rings (SSSR count). The molecule has 96 valence electrons. The summed E-state index contributed by atoms with van der Waals surface area (Å²) in [6, 6.07) is 5.22. The third kappa shape index (κ3) is 3.48. The molecule has 0 spiro atoms. The van der Waals surface area contributed by atoms with Crippen molar-refractivity contribution in [3.63, 3.8) is 0 Å². The number of nitrogens with one attached hydrogen (secondary N) is 1. The fraction of sp³-hybridized carbons (Fsp3) is 0.333. The molecular weight excluding hydrogens is 245 g/mol. The summed E-state index contributed by atoms with van der Waals surface area (Å²) in [4.78, 5) is 11.5. The maximum absolute atomic E-state index is 12.6. The zero-order chi connectivity index (χ0) is 13.8. The molecule has 0 heterocycles. The number of hydrogen-bond donors (Lipinski definition) is 1. The number of aryl methyl sites for hydroxylation is 1. The molecule has 0 aliphatic carbocycles. The summed E-state index contributed by atoms with van der Waals surface area (Å²) in [5.41, 5.74) is -0.822. The van der Waals surface area contributed by atoms with Crippen LogP contribution in [0.15, 0.2) is 18.2 Å². The Balaban J connectivity index is 2.92. The second-order valence-electron chi connectivity index (χ2n) is 3.69. The number of carbonyl (C=O) groups excluding carboxylic acids is 1. The molecule has 6 heteroatoms. The number of alkyl halides is 3. The molecule has 0 aliphatic heterocycles. The molecule has 0 saturated heterocycles. The number of halogens is 3. The molecule has 0 aliphatic rings. The minimum Gasteiger partial charge on any atom is -0.351 e. The van der Waals surface area contributed by atoms with Crippen LogP contribution in [-0.4, -0.2) is 12.5 Å². The van der Waals surface area contributed by atoms with Gasteiger partial charge >= 0.3 is 6.18 Å². The van der Waals surface area contributed by atoms with Crippen LogP contribution in [-0.2, 0) is 6.18 Å². The minimum absolute atomic E-state index is 0.0640. The summed E-state index contributed by atoms with van der Waals surface area (Å²) in [5.74, 6) is -0.615. The van der Waals surface area contributed by atoms with Crippen molar-refractivity contribution >= 4 is 5.91 Å². The van der Waals surface area contributed by atoms with E-state index in [2.05, 4.69) is 5.32 Å². The van der Waals surface area contributed by atoms with E-state index in [1.54, 1.807) is 0 Å². The zero-order valence-electron chi connectivity index (χ0n) is 9.64. The van der Waals surface area contributed by atoms with E-state index in [1.165, 1.54) is 19.1 Å². The van der Waals surface area contributed by atoms with Gasteiger partial charge < -0.3 is 5.32 Å². The lowest BCUT2D eigenvalue weighted by molar-refractivity contribution is -0.138. The third-order valence-electron chi connectivity index (χ3n) is 2.33. The summed E-state index contributed by atoms with van der Waals surface area (Å²) in [6.07, 6.45) is -4.36. The average molecular weight is 256 g/mol. The molecule has 0 bridgehead atoms. The van der Waals surface area contributed by atoms with Crippen LogP contribution in [0.25, 0.3) is 0 Å². The van der Waals surface area contributed by atoms with Crippen molar-refractivity contribution in [2.24, 2.45) is 0 Å². The molecular formula is C12H11F3N2O. The maximum Gasteiger partial charge on any atom is 0.416 e. The standard InChI is InChI=1S/C12H11F3N2O/c1-8-3-4-9(7-10(8)12(13,14)15)11(18)17-6-2-5-16/h3-4,7H,2,6H2,1H3,(H,17,18). The molecule has 1 aromatic carbocycles. The number of benzene rings is 1. The smallest absolute Gasteiger partial charge is 0.351 e. The predicted octanol–water partition coefficient (Wildman–Crippen LogP) is 2.66. The Labute approximate surface area is 102 Å². The van der Waals surface area contributed by atoms with Gasteiger partial charge in [0.15, 0.2) is 0 Å². The van der Waals surface area contributed by atoms with Crippen molar-refractivity contribution < 1.29 is 18.0 Å². The highest BCUT2D eigenvalue weighted by molar-refractivity contribution is 5.94. The molecule has 0 atom stereocenters. The van der Waals surface area contributed by atoms with Crippen LogP contribution in [0.3, 0.4) is 0 Å². The molecule has 1 aromatic rings. The molecule has 0 saturated carbocycles. The molecule has 18 heavy (non-hydrogen) atoms. The van der Waals surface area contributed by atoms with E-state index in [4.69, 9.17) is 5.26 Å². The van der Waals surface area contributed by atoms with E-state index in [1.807, 2.05) is 6.07 Å². The van der Waals surface area contributed by atoms with Crippen LogP contribution in [0, 0.1) is 18.3 Å². The van der Waals surface area contributed by atoms with E-state index in [0.29, 0.717) is 0 Å². The van der Waals surface area contributed by atoms with Gasteiger partial charge in [-0.1, -0.05) is 6.07 Å². The van der Waals surface area contributed by atoms with Gasteiger partial charge in [-0.25, -0.2) is 0 Å². The molecule has 0 aromatic heterocycles. The molecule has 0 fully saturated rings. The second kappa shape index (κ2) is 5.54. The Morgan fingerprint density at radius 1 is 1.44 bits per heavy atom. The lowest BCUT2D eigenvalue weighted by atomic mass is 10.0. The Kier molecular flexibility index (Phi) is 4.32. The SMILES string of the molecule is Cc1ccc(C(=O)NCCC#N)cc1C(F)(F)F. The van der Waals surface area contributed by atoms with Gasteiger partial charge in [0, 0.05) is 12.1 Å². The fourth-order valence-electron chi connectivity index (χ4n) is 1.40. The fourth-order valence-corrected chi connectivity index (χ4v) is 1.40. The van der Waals surface area contributed by atoms with Gasteiger partial charge in [0.2, 0.25) is 0 Å². The summed E-state index contributed by atoms with van der Waals surface area (Å²) in [7, 11) is 0. The van der Waals surface area contributed by atoms with Crippen LogP contribution in [0.5, 0.6) is 0 Å². The van der Waals surface area contributed by atoms with Crippen molar-refractivity contribution in [1.29, 1.82) is 5.26 Å². The van der Waals surface area contributed by atoms with E-state index in [-0.39, 0.29) is 24.1 Å². The lowest BCUT2D eigenvalue weighted by Crippen LogP contribution is -2.24. The minimum atomic E-state index is -4.48. The molecule has 0 unspecified atom stereocenters. The van der Waals surface area contributed by atoms with Gasteiger partial charge in [0.05, 0.1) is 18.1 Å². The monoisotopic (exact) mass is 256 g/mol. The zero-order valence-corrected chi connectivity index (χ0v) is 9.64. The first-order valence-corrected chi connectivity index (χ1v) is 5.19. The van der Waals surface area contributed by atoms with Gasteiger partial charge in [0.1, 0.15) is 0 Å². The molecule has 1 amide bonds. The van der Waals surface area contributed by atoms with Gasteiger partial charge in [-0.2, -0.15) is 18.4 Å². The second-order valence-corrected chi connectivity index (χ2v) is 3.69. The van der Waals surface area contributed by atoms with E-state index in [0.717, 1.165) is 6.07 Å². The van der Waals surface area contributed by atoms with E-state index < -0.39 is 17.6 Å². The van der Waals surface area contributed by atoms with Crippen molar-refractivity contribution in [2.45, 2.75) is 19.5 Å². The number of amides is 1. The Bertz CT molecular complexity index is 489. The Morgan fingerprint density at radius 3 is 2.67 bits per heavy atom.